The van der Waals surface area contributed by atoms with Gasteiger partial charge in [-0.25, -0.2) is 4.39 Å². The molecule has 0 aliphatic heterocycles. The Morgan fingerprint density at radius 1 is 1.20 bits per heavy atom. The highest BCUT2D eigenvalue weighted by Gasteiger charge is 2.13. The van der Waals surface area contributed by atoms with Gasteiger partial charge in [0.2, 0.25) is 0 Å². The van der Waals surface area contributed by atoms with Gasteiger partial charge in [0.05, 0.1) is 10.5 Å². The van der Waals surface area contributed by atoms with E-state index in [9.17, 15) is 4.39 Å². The first-order chi connectivity index (χ1) is 9.49. The van der Waals surface area contributed by atoms with Crippen molar-refractivity contribution in [2.45, 2.75) is 12.5 Å². The fourth-order valence-corrected chi connectivity index (χ4v) is 3.26. The minimum atomic E-state index is -0.281. The molecule has 0 amide bonds. The van der Waals surface area contributed by atoms with E-state index in [2.05, 4.69) is 37.3 Å². The van der Waals surface area contributed by atoms with Crippen LogP contribution < -0.4 is 11.3 Å². The maximum atomic E-state index is 13.2. The smallest absolute Gasteiger partial charge is 0.137 e. The van der Waals surface area contributed by atoms with Gasteiger partial charge in [-0.05, 0) is 63.8 Å². The molecule has 0 aliphatic rings. The molecular weight excluding hydrogens is 410 g/mol. The van der Waals surface area contributed by atoms with Crippen molar-refractivity contribution in [3.8, 4) is 0 Å². The first-order valence-electron chi connectivity index (χ1n) is 5.85. The molecule has 0 aromatic heterocycles. The first kappa shape index (κ1) is 15.9. The molecule has 2 nitrogen and oxygen atoms in total. The zero-order valence-corrected chi connectivity index (χ0v) is 14.3. The van der Waals surface area contributed by atoms with Gasteiger partial charge >= 0.3 is 0 Å². The minimum Gasteiger partial charge on any atom is -0.271 e. The van der Waals surface area contributed by atoms with Gasteiger partial charge in [-0.2, -0.15) is 0 Å². The molecule has 6 heteroatoms. The normalized spacial score (nSPS) is 12.4. The lowest BCUT2D eigenvalue weighted by Crippen LogP contribution is -2.29. The molecule has 2 rings (SSSR count). The van der Waals surface area contributed by atoms with E-state index >= 15 is 0 Å². The standard InChI is InChI=1S/C14H12Br2ClFN2/c15-10-5-9(6-11(17)7-10)14(20-19)4-8-1-2-13(18)12(16)3-8/h1-3,5-7,14,20H,4,19H2. The van der Waals surface area contributed by atoms with Gasteiger partial charge in [-0.3, -0.25) is 11.3 Å². The van der Waals surface area contributed by atoms with Crippen LogP contribution in [0.25, 0.3) is 0 Å². The summed E-state index contributed by atoms with van der Waals surface area (Å²) in [4.78, 5) is 0. The quantitative estimate of drug-likeness (QED) is 0.551. The zero-order chi connectivity index (χ0) is 14.7. The van der Waals surface area contributed by atoms with Crippen molar-refractivity contribution < 1.29 is 4.39 Å². The third-order valence-corrected chi connectivity index (χ3v) is 4.20. The molecule has 1 unspecified atom stereocenters. The van der Waals surface area contributed by atoms with Gasteiger partial charge in [0.15, 0.2) is 0 Å². The van der Waals surface area contributed by atoms with Gasteiger partial charge < -0.3 is 0 Å². The molecule has 106 valence electrons. The third kappa shape index (κ3) is 4.02. The van der Waals surface area contributed by atoms with E-state index in [1.807, 2.05) is 18.2 Å². The Balaban J connectivity index is 2.26. The second kappa shape index (κ2) is 7.00. The van der Waals surface area contributed by atoms with Gasteiger partial charge in [0, 0.05) is 9.50 Å². The predicted octanol–water partition coefficient (Wildman–Crippen LogP) is 4.75. The minimum absolute atomic E-state index is 0.109. The summed E-state index contributed by atoms with van der Waals surface area (Å²) in [7, 11) is 0. The molecule has 20 heavy (non-hydrogen) atoms. The Kier molecular flexibility index (Phi) is 5.57. The van der Waals surface area contributed by atoms with E-state index in [4.69, 9.17) is 17.4 Å². The molecule has 0 spiro atoms. The summed E-state index contributed by atoms with van der Waals surface area (Å²) in [5, 5.41) is 0.634. The number of benzene rings is 2. The van der Waals surface area contributed by atoms with Crippen molar-refractivity contribution in [2.75, 3.05) is 0 Å². The number of rotatable bonds is 4. The summed E-state index contributed by atoms with van der Waals surface area (Å²) in [6.45, 7) is 0. The van der Waals surface area contributed by atoms with Crippen molar-refractivity contribution in [3.63, 3.8) is 0 Å². The Labute approximate surface area is 138 Å². The van der Waals surface area contributed by atoms with Crippen LogP contribution in [0.5, 0.6) is 0 Å². The van der Waals surface area contributed by atoms with Crippen LogP contribution in [0, 0.1) is 5.82 Å². The molecule has 0 radical (unpaired) electrons. The topological polar surface area (TPSA) is 38.0 Å². The highest BCUT2D eigenvalue weighted by Crippen LogP contribution is 2.27. The molecule has 0 bridgehead atoms. The van der Waals surface area contributed by atoms with E-state index < -0.39 is 0 Å². The summed E-state index contributed by atoms with van der Waals surface area (Å²) in [5.41, 5.74) is 4.70. The van der Waals surface area contributed by atoms with Crippen LogP contribution in [-0.2, 0) is 6.42 Å². The lowest BCUT2D eigenvalue weighted by Gasteiger charge is -2.17. The highest BCUT2D eigenvalue weighted by molar-refractivity contribution is 9.10. The number of nitrogens with two attached hydrogens (primary N) is 1. The Hall–Kier alpha value is -0.460. The van der Waals surface area contributed by atoms with Crippen molar-refractivity contribution in [3.05, 3.63) is 67.3 Å². The molecule has 0 saturated heterocycles. The molecule has 1 atom stereocenters. The molecule has 2 aromatic rings. The lowest BCUT2D eigenvalue weighted by molar-refractivity contribution is 0.550. The van der Waals surface area contributed by atoms with Gasteiger partial charge in [-0.1, -0.05) is 33.6 Å². The average molecular weight is 423 g/mol. The van der Waals surface area contributed by atoms with Crippen LogP contribution in [0.2, 0.25) is 5.02 Å². The molecule has 0 fully saturated rings. The van der Waals surface area contributed by atoms with E-state index in [0.717, 1.165) is 15.6 Å². The fourth-order valence-electron chi connectivity index (χ4n) is 1.95. The van der Waals surface area contributed by atoms with Gasteiger partial charge in [0.25, 0.3) is 0 Å². The molecule has 2 aromatic carbocycles. The van der Waals surface area contributed by atoms with Crippen LogP contribution in [0.15, 0.2) is 45.3 Å². The zero-order valence-electron chi connectivity index (χ0n) is 10.3. The van der Waals surface area contributed by atoms with Crippen molar-refractivity contribution in [1.29, 1.82) is 0 Å². The largest absolute Gasteiger partial charge is 0.271 e. The van der Waals surface area contributed by atoms with Crippen LogP contribution in [-0.4, -0.2) is 0 Å². The van der Waals surface area contributed by atoms with Crippen LogP contribution in [0.4, 0.5) is 4.39 Å². The van der Waals surface area contributed by atoms with Crippen LogP contribution >= 0.6 is 43.5 Å². The number of nitrogens with one attached hydrogen (secondary N) is 1. The Bertz CT molecular complexity index is 602. The molecule has 0 saturated carbocycles. The van der Waals surface area contributed by atoms with Crippen molar-refractivity contribution >= 4 is 43.5 Å². The average Bonchev–Trinajstić information content (AvgIpc) is 2.38. The number of hydrogen-bond donors (Lipinski definition) is 2. The van der Waals surface area contributed by atoms with Gasteiger partial charge in [-0.15, -0.1) is 0 Å². The van der Waals surface area contributed by atoms with Crippen LogP contribution in [0.3, 0.4) is 0 Å². The summed E-state index contributed by atoms with van der Waals surface area (Å²) >= 11 is 12.6. The van der Waals surface area contributed by atoms with E-state index in [-0.39, 0.29) is 11.9 Å². The molecule has 0 heterocycles. The second-order valence-electron chi connectivity index (χ2n) is 4.37. The van der Waals surface area contributed by atoms with E-state index in [1.165, 1.54) is 6.07 Å². The third-order valence-electron chi connectivity index (χ3n) is 2.91. The maximum Gasteiger partial charge on any atom is 0.137 e. The Morgan fingerprint density at radius 2 is 1.95 bits per heavy atom. The highest BCUT2D eigenvalue weighted by atomic mass is 79.9. The number of halogens is 4. The number of hydrogen-bond acceptors (Lipinski definition) is 2. The fraction of sp³-hybridized carbons (Fsp3) is 0.143. The molecular formula is C14H12Br2ClFN2. The van der Waals surface area contributed by atoms with Crippen LogP contribution in [0.1, 0.15) is 17.2 Å². The summed E-state index contributed by atoms with van der Waals surface area (Å²) in [6.07, 6.45) is 0.627. The number of hydrazine groups is 1. The SMILES string of the molecule is NNC(Cc1ccc(F)c(Br)c1)c1cc(Cl)cc(Br)c1. The second-order valence-corrected chi connectivity index (χ2v) is 6.58. The maximum absolute atomic E-state index is 13.2. The van der Waals surface area contributed by atoms with E-state index in [1.54, 1.807) is 12.1 Å². The monoisotopic (exact) mass is 420 g/mol. The predicted molar refractivity (Wildman–Crippen MR) is 87.0 cm³/mol. The Morgan fingerprint density at radius 3 is 2.55 bits per heavy atom. The summed E-state index contributed by atoms with van der Waals surface area (Å²) in [5.74, 6) is 5.35. The summed E-state index contributed by atoms with van der Waals surface area (Å²) < 4.78 is 14.6. The molecule has 0 aliphatic carbocycles. The first-order valence-corrected chi connectivity index (χ1v) is 7.82. The lowest BCUT2D eigenvalue weighted by atomic mass is 9.99. The van der Waals surface area contributed by atoms with E-state index in [0.29, 0.717) is 15.9 Å². The van der Waals surface area contributed by atoms with Crippen molar-refractivity contribution in [2.24, 2.45) is 5.84 Å². The summed E-state index contributed by atoms with van der Waals surface area (Å²) in [6, 6.07) is 10.4. The van der Waals surface area contributed by atoms with Crippen molar-refractivity contribution in [1.82, 2.24) is 5.43 Å². The molecule has 3 N–H and O–H groups in total. The van der Waals surface area contributed by atoms with Gasteiger partial charge in [0.1, 0.15) is 5.82 Å².